The Morgan fingerprint density at radius 2 is 1.68 bits per heavy atom. The van der Waals surface area contributed by atoms with E-state index in [4.69, 9.17) is 9.47 Å². The molecule has 0 amide bonds. The molecule has 0 aromatic heterocycles. The van der Waals surface area contributed by atoms with Gasteiger partial charge in [0.25, 0.3) is 0 Å². The molecule has 0 heterocycles. The summed E-state index contributed by atoms with van der Waals surface area (Å²) in [6.07, 6.45) is 0. The van der Waals surface area contributed by atoms with Crippen LogP contribution in [-0.2, 0) is 0 Å². The fraction of sp³-hybridized carbons (Fsp3) is 0.429. The fourth-order valence-corrected chi connectivity index (χ4v) is 2.08. The normalized spacial score (nSPS) is 11.1. The van der Waals surface area contributed by atoms with Crippen LogP contribution in [0.15, 0.2) is 12.1 Å². The lowest BCUT2D eigenvalue weighted by Gasteiger charge is -2.19. The molecule has 0 spiro atoms. The Kier molecular flexibility index (Phi) is 4.95. The van der Waals surface area contributed by atoms with Gasteiger partial charge in [0.15, 0.2) is 17.3 Å². The molecule has 0 radical (unpaired) electrons. The van der Waals surface area contributed by atoms with E-state index in [-0.39, 0.29) is 9.57 Å². The van der Waals surface area contributed by atoms with Gasteiger partial charge in [0.05, 0.1) is 19.8 Å². The molecule has 0 atom stereocenters. The Labute approximate surface area is 126 Å². The van der Waals surface area contributed by atoms with Gasteiger partial charge in [-0.3, -0.25) is 9.59 Å². The van der Waals surface area contributed by atoms with Gasteiger partial charge in [-0.2, -0.15) is 0 Å². The standard InChI is InChI=1S/C14H17IO4/c1-14(2,3)12(16)8-6-9(13(15)17)11(19-5)10(7-8)18-4/h6-7H,1-5H3. The van der Waals surface area contributed by atoms with E-state index in [1.807, 2.05) is 20.8 Å². The lowest BCUT2D eigenvalue weighted by Crippen LogP contribution is -2.20. The summed E-state index contributed by atoms with van der Waals surface area (Å²) < 4.78 is 10.2. The molecular formula is C14H17IO4. The van der Waals surface area contributed by atoms with Crippen LogP contribution in [-0.4, -0.2) is 23.8 Å². The Balaban J connectivity index is 3.50. The van der Waals surface area contributed by atoms with E-state index >= 15 is 0 Å². The molecule has 5 heteroatoms. The Hall–Kier alpha value is -1.11. The number of methoxy groups -OCH3 is 2. The van der Waals surface area contributed by atoms with Crippen molar-refractivity contribution < 1.29 is 19.1 Å². The number of carbonyl (C=O) groups excluding carboxylic acids is 2. The summed E-state index contributed by atoms with van der Waals surface area (Å²) in [6, 6.07) is 3.17. The lowest BCUT2D eigenvalue weighted by atomic mass is 9.86. The van der Waals surface area contributed by atoms with Gasteiger partial charge in [0.2, 0.25) is 3.79 Å². The Bertz CT molecular complexity index is 515. The summed E-state index contributed by atoms with van der Waals surface area (Å²) in [5, 5.41) is 0. The van der Waals surface area contributed by atoms with E-state index in [9.17, 15) is 9.59 Å². The molecule has 0 aliphatic heterocycles. The molecule has 1 aromatic rings. The van der Waals surface area contributed by atoms with Gasteiger partial charge < -0.3 is 9.47 Å². The number of hydrogen-bond acceptors (Lipinski definition) is 4. The molecule has 0 saturated heterocycles. The van der Waals surface area contributed by atoms with Crippen LogP contribution in [0.2, 0.25) is 0 Å². The van der Waals surface area contributed by atoms with Crippen LogP contribution in [0, 0.1) is 5.41 Å². The van der Waals surface area contributed by atoms with Crippen molar-refractivity contribution in [3.05, 3.63) is 23.3 Å². The topological polar surface area (TPSA) is 52.6 Å². The third-order valence-electron chi connectivity index (χ3n) is 2.63. The Morgan fingerprint density at radius 3 is 2.05 bits per heavy atom. The Morgan fingerprint density at radius 1 is 1.11 bits per heavy atom. The third-order valence-corrected chi connectivity index (χ3v) is 3.22. The molecule has 4 nitrogen and oxygen atoms in total. The summed E-state index contributed by atoms with van der Waals surface area (Å²) >= 11 is 1.67. The molecule has 0 saturated carbocycles. The molecule has 1 aromatic carbocycles. The van der Waals surface area contributed by atoms with Crippen molar-refractivity contribution >= 4 is 32.2 Å². The number of carbonyl (C=O) groups is 2. The molecular weight excluding hydrogens is 359 g/mol. The van der Waals surface area contributed by atoms with Crippen molar-refractivity contribution in [1.29, 1.82) is 0 Å². The van der Waals surface area contributed by atoms with Gasteiger partial charge in [-0.15, -0.1) is 0 Å². The highest BCUT2D eigenvalue weighted by Gasteiger charge is 2.26. The third kappa shape index (κ3) is 3.46. The SMILES string of the molecule is COc1cc(C(=O)C(C)(C)C)cc(C(=O)I)c1OC. The first kappa shape index (κ1) is 15.9. The van der Waals surface area contributed by atoms with Crippen molar-refractivity contribution in [3.63, 3.8) is 0 Å². The van der Waals surface area contributed by atoms with E-state index < -0.39 is 5.41 Å². The van der Waals surface area contributed by atoms with Gasteiger partial charge in [0, 0.05) is 33.6 Å². The van der Waals surface area contributed by atoms with E-state index in [1.165, 1.54) is 14.2 Å². The zero-order chi connectivity index (χ0) is 14.8. The summed E-state index contributed by atoms with van der Waals surface area (Å²) in [7, 11) is 2.94. The quantitative estimate of drug-likeness (QED) is 0.459. The van der Waals surface area contributed by atoms with Gasteiger partial charge >= 0.3 is 0 Å². The molecule has 0 bridgehead atoms. The number of ketones is 1. The van der Waals surface area contributed by atoms with Crippen molar-refractivity contribution in [2.45, 2.75) is 20.8 Å². The van der Waals surface area contributed by atoms with Gasteiger partial charge in [-0.05, 0) is 12.1 Å². The van der Waals surface area contributed by atoms with Crippen LogP contribution >= 0.6 is 22.6 Å². The maximum atomic E-state index is 12.3. The van der Waals surface area contributed by atoms with E-state index in [0.717, 1.165) is 0 Å². The van der Waals surface area contributed by atoms with Crippen molar-refractivity contribution in [3.8, 4) is 11.5 Å². The highest BCUT2D eigenvalue weighted by Crippen LogP contribution is 2.35. The maximum Gasteiger partial charge on any atom is 0.226 e. The smallest absolute Gasteiger partial charge is 0.226 e. The molecule has 0 unspecified atom stereocenters. The predicted octanol–water partition coefficient (Wildman–Crippen LogP) is 3.51. The van der Waals surface area contributed by atoms with E-state index in [0.29, 0.717) is 22.6 Å². The number of rotatable bonds is 4. The molecule has 1 rings (SSSR count). The number of Topliss-reactive ketones (excluding diaryl/α,β-unsaturated/α-hetero) is 1. The molecule has 0 fully saturated rings. The second kappa shape index (κ2) is 5.90. The van der Waals surface area contributed by atoms with Gasteiger partial charge in [-0.25, -0.2) is 0 Å². The van der Waals surface area contributed by atoms with E-state index in [1.54, 1.807) is 34.7 Å². The second-order valence-electron chi connectivity index (χ2n) is 5.11. The van der Waals surface area contributed by atoms with Crippen LogP contribution in [0.25, 0.3) is 0 Å². The minimum atomic E-state index is -0.523. The highest BCUT2D eigenvalue weighted by atomic mass is 127. The average molecular weight is 376 g/mol. The molecule has 104 valence electrons. The zero-order valence-corrected chi connectivity index (χ0v) is 13.8. The van der Waals surface area contributed by atoms with E-state index in [2.05, 4.69) is 0 Å². The number of benzene rings is 1. The lowest BCUT2D eigenvalue weighted by molar-refractivity contribution is 0.0858. The zero-order valence-electron chi connectivity index (χ0n) is 11.7. The average Bonchev–Trinajstić information content (AvgIpc) is 2.34. The fourth-order valence-electron chi connectivity index (χ4n) is 1.67. The minimum Gasteiger partial charge on any atom is -0.493 e. The summed E-state index contributed by atoms with van der Waals surface area (Å²) in [5.74, 6) is 0.692. The van der Waals surface area contributed by atoms with Gasteiger partial charge in [-0.1, -0.05) is 20.8 Å². The monoisotopic (exact) mass is 376 g/mol. The van der Waals surface area contributed by atoms with Crippen molar-refractivity contribution in [2.24, 2.45) is 5.41 Å². The predicted molar refractivity (Wildman–Crippen MR) is 81.7 cm³/mol. The minimum absolute atomic E-state index is 0.0487. The first-order valence-corrected chi connectivity index (χ1v) is 6.81. The van der Waals surface area contributed by atoms with Crippen LogP contribution in [0.1, 0.15) is 41.5 Å². The maximum absolute atomic E-state index is 12.3. The molecule has 0 aliphatic rings. The number of hydrogen-bond donors (Lipinski definition) is 0. The molecule has 0 aliphatic carbocycles. The molecule has 19 heavy (non-hydrogen) atoms. The second-order valence-corrected chi connectivity index (χ2v) is 6.09. The largest absolute Gasteiger partial charge is 0.493 e. The van der Waals surface area contributed by atoms with Crippen LogP contribution in [0.5, 0.6) is 11.5 Å². The van der Waals surface area contributed by atoms with Crippen LogP contribution < -0.4 is 9.47 Å². The summed E-state index contributed by atoms with van der Waals surface area (Å²) in [6.45, 7) is 5.49. The van der Waals surface area contributed by atoms with Crippen molar-refractivity contribution in [2.75, 3.05) is 14.2 Å². The van der Waals surface area contributed by atoms with Crippen molar-refractivity contribution in [1.82, 2.24) is 0 Å². The van der Waals surface area contributed by atoms with Crippen LogP contribution in [0.3, 0.4) is 0 Å². The molecule has 0 N–H and O–H groups in total. The summed E-state index contributed by atoms with van der Waals surface area (Å²) in [4.78, 5) is 24.0. The summed E-state index contributed by atoms with van der Waals surface area (Å²) in [5.41, 5.74) is 0.269. The first-order chi connectivity index (χ1) is 8.72. The number of ether oxygens (including phenoxy) is 2. The first-order valence-electron chi connectivity index (χ1n) is 5.73. The highest BCUT2D eigenvalue weighted by molar-refractivity contribution is 14.1. The van der Waals surface area contributed by atoms with Gasteiger partial charge in [0.1, 0.15) is 0 Å². The van der Waals surface area contributed by atoms with Crippen LogP contribution in [0.4, 0.5) is 0 Å². The number of halogens is 1.